The number of hydrogen-bond donors (Lipinski definition) is 4. The van der Waals surface area contributed by atoms with Crippen LogP contribution in [0.15, 0.2) is 47.2 Å². The van der Waals surface area contributed by atoms with Gasteiger partial charge in [-0.25, -0.2) is 9.78 Å². The lowest BCUT2D eigenvalue weighted by molar-refractivity contribution is -0.117. The fraction of sp³-hybridized carbons (Fsp3) is 0.348. The van der Waals surface area contributed by atoms with Crippen molar-refractivity contribution in [2.24, 2.45) is 5.92 Å². The number of aromatic amines is 1. The third kappa shape index (κ3) is 4.04. The average molecular weight is 498 g/mol. The number of nitrogens with zero attached hydrogens (tertiary/aromatic N) is 2. The van der Waals surface area contributed by atoms with E-state index in [1.807, 2.05) is 18.2 Å². The van der Waals surface area contributed by atoms with Crippen molar-refractivity contribution in [3.05, 3.63) is 52.8 Å². The molecule has 3 unspecified atom stereocenters. The number of carbonyl (C=O) groups is 2. The van der Waals surface area contributed by atoms with Gasteiger partial charge in [-0.15, -0.1) is 0 Å². The minimum Gasteiger partial charge on any atom is -0.465 e. The molecule has 1 aromatic carbocycles. The molecular formula is C23H24BrN5O3. The number of carbonyl (C=O) groups excluding carboxylic acids is 1. The van der Waals surface area contributed by atoms with Gasteiger partial charge in [-0.2, -0.15) is 0 Å². The van der Waals surface area contributed by atoms with Crippen molar-refractivity contribution in [2.45, 2.75) is 31.2 Å². The number of anilines is 2. The standard InChI is InChI=1S/C23H24BrN5O3/c24-17-10-25-21-19(20(17)29-8-4-7-14(12-29)27-23(31)32)18(11-26-21)28-22(30)16-9-15(16)13-5-2-1-3-6-13/h1-3,5-6,10-11,14-16,27H,4,7-9,12H2,(H,25,26)(H,28,30)(H,31,32). The Balaban J connectivity index is 1.40. The highest BCUT2D eigenvalue weighted by molar-refractivity contribution is 9.10. The van der Waals surface area contributed by atoms with Gasteiger partial charge in [0.1, 0.15) is 5.65 Å². The van der Waals surface area contributed by atoms with Gasteiger partial charge in [-0.1, -0.05) is 30.3 Å². The molecule has 8 nitrogen and oxygen atoms in total. The van der Waals surface area contributed by atoms with Crippen LogP contribution in [0.4, 0.5) is 16.2 Å². The third-order valence-corrected chi connectivity index (χ3v) is 6.89. The maximum atomic E-state index is 13.0. The van der Waals surface area contributed by atoms with Crippen LogP contribution >= 0.6 is 15.9 Å². The number of aromatic nitrogens is 2. The van der Waals surface area contributed by atoms with E-state index in [-0.39, 0.29) is 23.8 Å². The highest BCUT2D eigenvalue weighted by Crippen LogP contribution is 2.48. The Morgan fingerprint density at radius 2 is 2.06 bits per heavy atom. The molecule has 3 atom stereocenters. The summed E-state index contributed by atoms with van der Waals surface area (Å²) in [4.78, 5) is 33.9. The van der Waals surface area contributed by atoms with Gasteiger partial charge in [0, 0.05) is 37.4 Å². The number of carboxylic acid groups (broad SMARTS) is 1. The molecule has 2 aliphatic rings. The van der Waals surface area contributed by atoms with Gasteiger partial charge in [-0.3, -0.25) is 4.79 Å². The van der Waals surface area contributed by atoms with Crippen molar-refractivity contribution in [2.75, 3.05) is 23.3 Å². The van der Waals surface area contributed by atoms with Crippen molar-refractivity contribution in [3.63, 3.8) is 0 Å². The van der Waals surface area contributed by atoms with Gasteiger partial charge in [-0.05, 0) is 46.7 Å². The molecule has 2 fully saturated rings. The Hall–Kier alpha value is -3.07. The number of halogens is 1. The van der Waals surface area contributed by atoms with Crippen LogP contribution in [0.2, 0.25) is 0 Å². The number of hydrogen-bond acceptors (Lipinski definition) is 4. The van der Waals surface area contributed by atoms with Crippen LogP contribution in [0.25, 0.3) is 11.0 Å². The lowest BCUT2D eigenvalue weighted by Crippen LogP contribution is -2.47. The molecule has 1 saturated heterocycles. The fourth-order valence-electron chi connectivity index (χ4n) is 4.71. The summed E-state index contributed by atoms with van der Waals surface area (Å²) >= 11 is 3.62. The van der Waals surface area contributed by atoms with E-state index < -0.39 is 6.09 Å². The van der Waals surface area contributed by atoms with Crippen LogP contribution in [0.5, 0.6) is 0 Å². The van der Waals surface area contributed by atoms with Crippen LogP contribution < -0.4 is 15.5 Å². The molecule has 4 N–H and O–H groups in total. The number of rotatable bonds is 5. The zero-order valence-corrected chi connectivity index (χ0v) is 18.9. The van der Waals surface area contributed by atoms with Gasteiger partial charge in [0.05, 0.1) is 21.2 Å². The first-order valence-corrected chi connectivity index (χ1v) is 11.6. The molecule has 1 aliphatic heterocycles. The highest BCUT2D eigenvalue weighted by atomic mass is 79.9. The van der Waals surface area contributed by atoms with Crippen LogP contribution in [-0.4, -0.2) is 46.2 Å². The molecule has 0 bridgehead atoms. The molecule has 2 aromatic heterocycles. The van der Waals surface area contributed by atoms with E-state index in [0.29, 0.717) is 17.9 Å². The van der Waals surface area contributed by atoms with Crippen molar-refractivity contribution < 1.29 is 14.7 Å². The molecule has 9 heteroatoms. The first kappa shape index (κ1) is 20.8. The lowest BCUT2D eigenvalue weighted by atomic mass is 10.0. The quantitative estimate of drug-likeness (QED) is 0.419. The van der Waals surface area contributed by atoms with E-state index in [2.05, 4.69) is 53.6 Å². The SMILES string of the molecule is O=C(O)NC1CCCN(c2c(Br)cnc3[nH]cc(NC(=O)C4CC4c4ccccc4)c23)C1. The molecule has 0 spiro atoms. The summed E-state index contributed by atoms with van der Waals surface area (Å²) < 4.78 is 0.810. The van der Waals surface area contributed by atoms with E-state index in [1.54, 1.807) is 12.4 Å². The Kier molecular flexibility index (Phi) is 5.50. The summed E-state index contributed by atoms with van der Waals surface area (Å²) in [6.45, 7) is 1.36. The molecule has 0 radical (unpaired) electrons. The smallest absolute Gasteiger partial charge is 0.404 e. The van der Waals surface area contributed by atoms with E-state index in [1.165, 1.54) is 5.56 Å². The Bertz CT molecular complexity index is 1170. The second kappa shape index (κ2) is 8.46. The Morgan fingerprint density at radius 1 is 1.25 bits per heavy atom. The summed E-state index contributed by atoms with van der Waals surface area (Å²) in [5, 5.41) is 15.7. The summed E-state index contributed by atoms with van der Waals surface area (Å²) in [5.41, 5.74) is 3.49. The first-order valence-electron chi connectivity index (χ1n) is 10.8. The Morgan fingerprint density at radius 3 is 2.84 bits per heavy atom. The van der Waals surface area contributed by atoms with Crippen LogP contribution in [0, 0.1) is 5.92 Å². The lowest BCUT2D eigenvalue weighted by Gasteiger charge is -2.35. The van der Waals surface area contributed by atoms with Gasteiger partial charge >= 0.3 is 6.09 Å². The van der Waals surface area contributed by atoms with Gasteiger partial charge in [0.15, 0.2) is 0 Å². The van der Waals surface area contributed by atoms with Crippen molar-refractivity contribution in [1.29, 1.82) is 0 Å². The molecule has 2 amide bonds. The predicted molar refractivity (Wildman–Crippen MR) is 126 cm³/mol. The number of amides is 2. The summed E-state index contributed by atoms with van der Waals surface area (Å²) in [6.07, 6.45) is 5.02. The van der Waals surface area contributed by atoms with Gasteiger partial charge in [0.25, 0.3) is 0 Å². The largest absolute Gasteiger partial charge is 0.465 e. The van der Waals surface area contributed by atoms with Gasteiger partial charge in [0.2, 0.25) is 5.91 Å². The second-order valence-electron chi connectivity index (χ2n) is 8.46. The van der Waals surface area contributed by atoms with E-state index in [0.717, 1.165) is 41.4 Å². The number of fused-ring (bicyclic) bond motifs is 1. The number of benzene rings is 1. The molecule has 3 aromatic rings. The van der Waals surface area contributed by atoms with Crippen LogP contribution in [-0.2, 0) is 4.79 Å². The zero-order valence-electron chi connectivity index (χ0n) is 17.3. The monoisotopic (exact) mass is 497 g/mol. The number of pyridine rings is 1. The molecule has 1 saturated carbocycles. The van der Waals surface area contributed by atoms with E-state index >= 15 is 0 Å². The molecule has 3 heterocycles. The number of piperidine rings is 1. The maximum absolute atomic E-state index is 13.0. The summed E-state index contributed by atoms with van der Waals surface area (Å²) in [6, 6.07) is 9.98. The zero-order chi connectivity index (χ0) is 22.2. The van der Waals surface area contributed by atoms with Crippen molar-refractivity contribution in [3.8, 4) is 0 Å². The first-order chi connectivity index (χ1) is 15.5. The normalized spacial score (nSPS) is 22.5. The average Bonchev–Trinajstić information content (AvgIpc) is 3.50. The summed E-state index contributed by atoms with van der Waals surface area (Å²) in [5.74, 6) is 0.232. The molecule has 32 heavy (non-hydrogen) atoms. The molecular weight excluding hydrogens is 474 g/mol. The van der Waals surface area contributed by atoms with Crippen molar-refractivity contribution >= 4 is 50.3 Å². The summed E-state index contributed by atoms with van der Waals surface area (Å²) in [7, 11) is 0. The molecule has 166 valence electrons. The Labute approximate surface area is 193 Å². The van der Waals surface area contributed by atoms with Crippen LogP contribution in [0.1, 0.15) is 30.7 Å². The number of nitrogens with one attached hydrogen (secondary N) is 3. The predicted octanol–water partition coefficient (Wildman–Crippen LogP) is 4.30. The highest BCUT2D eigenvalue weighted by Gasteiger charge is 2.44. The molecule has 5 rings (SSSR count). The third-order valence-electron chi connectivity index (χ3n) is 6.31. The molecule has 1 aliphatic carbocycles. The topological polar surface area (TPSA) is 110 Å². The number of H-pyrrole nitrogens is 1. The maximum Gasteiger partial charge on any atom is 0.404 e. The van der Waals surface area contributed by atoms with Crippen molar-refractivity contribution in [1.82, 2.24) is 15.3 Å². The second-order valence-corrected chi connectivity index (χ2v) is 9.32. The van der Waals surface area contributed by atoms with E-state index in [9.17, 15) is 9.59 Å². The van der Waals surface area contributed by atoms with E-state index in [4.69, 9.17) is 5.11 Å². The minimum absolute atomic E-state index is 0.00902. The minimum atomic E-state index is -1.01. The fourth-order valence-corrected chi connectivity index (χ4v) is 5.27. The van der Waals surface area contributed by atoms with Crippen LogP contribution in [0.3, 0.4) is 0 Å². The van der Waals surface area contributed by atoms with Gasteiger partial charge < -0.3 is 25.6 Å².